The number of aromatic hydroxyl groups is 1. The van der Waals surface area contributed by atoms with E-state index in [1.165, 1.54) is 36.0 Å². The van der Waals surface area contributed by atoms with E-state index in [1.54, 1.807) is 0 Å². The third kappa shape index (κ3) is 4.72. The van der Waals surface area contributed by atoms with E-state index in [1.807, 2.05) is 12.1 Å². The van der Waals surface area contributed by atoms with Crippen LogP contribution in [0.3, 0.4) is 0 Å². The maximum absolute atomic E-state index is 10.4. The summed E-state index contributed by atoms with van der Waals surface area (Å²) >= 11 is 0. The predicted molar refractivity (Wildman–Crippen MR) is 101 cm³/mol. The van der Waals surface area contributed by atoms with E-state index in [0.29, 0.717) is 5.75 Å². The van der Waals surface area contributed by atoms with Crippen molar-refractivity contribution in [1.29, 1.82) is 0 Å². The Kier molecular flexibility index (Phi) is 6.93. The van der Waals surface area contributed by atoms with Crippen molar-refractivity contribution in [2.45, 2.75) is 52.4 Å². The molecule has 1 heteroatoms. The van der Waals surface area contributed by atoms with Crippen LogP contribution in [-0.2, 0) is 6.42 Å². The first-order valence-electron chi connectivity index (χ1n) is 8.84. The van der Waals surface area contributed by atoms with Crippen molar-refractivity contribution in [3.8, 4) is 16.9 Å². The molecule has 2 aromatic carbocycles. The molecule has 1 nitrogen and oxygen atoms in total. The molecular formula is C22H28O. The lowest BCUT2D eigenvalue weighted by Gasteiger charge is -2.15. The van der Waals surface area contributed by atoms with Crippen molar-refractivity contribution in [3.63, 3.8) is 0 Å². The number of rotatable bonds is 8. The summed E-state index contributed by atoms with van der Waals surface area (Å²) in [6, 6.07) is 14.4. The van der Waals surface area contributed by atoms with Crippen LogP contribution in [0, 0.1) is 0 Å². The lowest BCUT2D eigenvalue weighted by molar-refractivity contribution is 0.474. The predicted octanol–water partition coefficient (Wildman–Crippen LogP) is 6.61. The molecule has 0 aliphatic rings. The van der Waals surface area contributed by atoms with Crippen LogP contribution in [-0.4, -0.2) is 5.11 Å². The molecule has 2 aromatic rings. The molecule has 0 atom stereocenters. The van der Waals surface area contributed by atoms with Gasteiger partial charge in [0.25, 0.3) is 0 Å². The fraction of sp³-hybridized carbons (Fsp3) is 0.364. The Labute approximate surface area is 140 Å². The van der Waals surface area contributed by atoms with Crippen molar-refractivity contribution in [3.05, 3.63) is 59.7 Å². The molecule has 1 N–H and O–H groups in total. The van der Waals surface area contributed by atoms with E-state index in [0.717, 1.165) is 24.8 Å². The number of benzene rings is 2. The Balaban J connectivity index is 2.48. The minimum Gasteiger partial charge on any atom is -0.507 e. The topological polar surface area (TPSA) is 20.2 Å². The van der Waals surface area contributed by atoms with Crippen molar-refractivity contribution in [2.24, 2.45) is 0 Å². The third-order valence-corrected chi connectivity index (χ3v) is 4.16. The Hall–Kier alpha value is -2.02. The van der Waals surface area contributed by atoms with Crippen molar-refractivity contribution >= 4 is 6.08 Å². The molecule has 0 spiro atoms. The van der Waals surface area contributed by atoms with Crippen molar-refractivity contribution in [1.82, 2.24) is 0 Å². The lowest BCUT2D eigenvalue weighted by atomic mass is 9.90. The lowest BCUT2D eigenvalue weighted by Crippen LogP contribution is -1.94. The first kappa shape index (κ1) is 17.3. The van der Waals surface area contributed by atoms with E-state index >= 15 is 0 Å². The molecule has 0 radical (unpaired) electrons. The minimum atomic E-state index is 0.371. The number of hydrogen-bond donors (Lipinski definition) is 1. The molecule has 0 aliphatic carbocycles. The van der Waals surface area contributed by atoms with Crippen LogP contribution in [0.4, 0.5) is 0 Å². The van der Waals surface area contributed by atoms with Crippen molar-refractivity contribution in [2.75, 3.05) is 0 Å². The Morgan fingerprint density at radius 2 is 1.70 bits per heavy atom. The highest BCUT2D eigenvalue weighted by molar-refractivity contribution is 5.81. The van der Waals surface area contributed by atoms with E-state index in [4.69, 9.17) is 0 Å². The molecule has 0 saturated heterocycles. The zero-order valence-corrected chi connectivity index (χ0v) is 14.4. The molecule has 122 valence electrons. The third-order valence-electron chi connectivity index (χ3n) is 4.16. The molecule has 0 unspecified atom stereocenters. The van der Waals surface area contributed by atoms with Gasteiger partial charge in [-0.2, -0.15) is 0 Å². The molecule has 0 aliphatic heterocycles. The number of aryl methyl sites for hydroxylation is 1. The van der Waals surface area contributed by atoms with E-state index in [9.17, 15) is 5.11 Å². The van der Waals surface area contributed by atoms with E-state index < -0.39 is 0 Å². The smallest absolute Gasteiger partial charge is 0.123 e. The molecule has 2 rings (SSSR count). The molecule has 0 heterocycles. The molecule has 23 heavy (non-hydrogen) atoms. The summed E-state index contributed by atoms with van der Waals surface area (Å²) in [5.74, 6) is 0.371. The van der Waals surface area contributed by atoms with Gasteiger partial charge in [-0.1, -0.05) is 81.7 Å². The fourth-order valence-electron chi connectivity index (χ4n) is 2.91. The average Bonchev–Trinajstić information content (AvgIpc) is 2.58. The summed E-state index contributed by atoms with van der Waals surface area (Å²) in [7, 11) is 0. The maximum Gasteiger partial charge on any atom is 0.123 e. The van der Waals surface area contributed by atoms with Gasteiger partial charge in [-0.05, 0) is 42.0 Å². The molecular weight excluding hydrogens is 280 g/mol. The maximum atomic E-state index is 10.4. The quantitative estimate of drug-likeness (QED) is 0.544. The summed E-state index contributed by atoms with van der Waals surface area (Å²) < 4.78 is 0. The number of hydrogen-bond acceptors (Lipinski definition) is 1. The van der Waals surface area contributed by atoms with Crippen LogP contribution in [0.2, 0.25) is 0 Å². The van der Waals surface area contributed by atoms with E-state index in [-0.39, 0.29) is 0 Å². The van der Waals surface area contributed by atoms with Gasteiger partial charge >= 0.3 is 0 Å². The standard InChI is InChI=1S/C22H28O/c1-3-5-8-12-19-16-17-21(23)20(15-9-6-4-2)22(19)18-13-10-7-11-14-18/h7,9-11,13-17,23H,3-6,8,12H2,1-2H3. The second-order valence-electron chi connectivity index (χ2n) is 6.05. The molecule has 0 amide bonds. The zero-order valence-electron chi connectivity index (χ0n) is 14.4. The van der Waals surface area contributed by atoms with Crippen LogP contribution >= 0.6 is 0 Å². The number of phenols is 1. The number of unbranched alkanes of at least 4 members (excludes halogenated alkanes) is 3. The van der Waals surface area contributed by atoms with E-state index in [2.05, 4.69) is 56.3 Å². The highest BCUT2D eigenvalue weighted by Gasteiger charge is 2.12. The van der Waals surface area contributed by atoms with Crippen molar-refractivity contribution < 1.29 is 5.11 Å². The second-order valence-corrected chi connectivity index (χ2v) is 6.05. The average molecular weight is 308 g/mol. The van der Waals surface area contributed by atoms with Crippen LogP contribution in [0.1, 0.15) is 57.1 Å². The van der Waals surface area contributed by atoms with Gasteiger partial charge in [-0.25, -0.2) is 0 Å². The minimum absolute atomic E-state index is 0.371. The summed E-state index contributed by atoms with van der Waals surface area (Å²) in [4.78, 5) is 0. The number of phenolic OH excluding ortho intramolecular Hbond substituents is 1. The highest BCUT2D eigenvalue weighted by atomic mass is 16.3. The van der Waals surface area contributed by atoms with Gasteiger partial charge < -0.3 is 5.11 Å². The van der Waals surface area contributed by atoms with Gasteiger partial charge in [0.15, 0.2) is 0 Å². The van der Waals surface area contributed by atoms with Gasteiger partial charge in [-0.15, -0.1) is 0 Å². The van der Waals surface area contributed by atoms with Gasteiger partial charge in [0.2, 0.25) is 0 Å². The van der Waals surface area contributed by atoms with Gasteiger partial charge in [-0.3, -0.25) is 0 Å². The molecule has 0 fully saturated rings. The zero-order chi connectivity index (χ0) is 16.5. The molecule has 0 aromatic heterocycles. The molecule has 0 saturated carbocycles. The Morgan fingerprint density at radius 3 is 2.39 bits per heavy atom. The van der Waals surface area contributed by atoms with Gasteiger partial charge in [0.1, 0.15) is 5.75 Å². The van der Waals surface area contributed by atoms with Crippen LogP contribution < -0.4 is 0 Å². The normalized spacial score (nSPS) is 11.2. The summed E-state index contributed by atoms with van der Waals surface area (Å²) in [6.07, 6.45) is 11.1. The van der Waals surface area contributed by atoms with Crippen LogP contribution in [0.25, 0.3) is 17.2 Å². The SMILES string of the molecule is CCCC=Cc1c(O)ccc(CCCCC)c1-c1ccccc1. The first-order valence-corrected chi connectivity index (χ1v) is 8.84. The number of allylic oxidation sites excluding steroid dienone is 1. The second kappa shape index (κ2) is 9.19. The van der Waals surface area contributed by atoms with Gasteiger partial charge in [0.05, 0.1) is 0 Å². The van der Waals surface area contributed by atoms with Crippen LogP contribution in [0.15, 0.2) is 48.5 Å². The first-order chi connectivity index (χ1) is 11.3. The summed E-state index contributed by atoms with van der Waals surface area (Å²) in [5.41, 5.74) is 4.66. The summed E-state index contributed by atoms with van der Waals surface area (Å²) in [5, 5.41) is 10.4. The largest absolute Gasteiger partial charge is 0.507 e. The summed E-state index contributed by atoms with van der Waals surface area (Å²) in [6.45, 7) is 4.40. The van der Waals surface area contributed by atoms with Gasteiger partial charge in [0, 0.05) is 5.56 Å². The Morgan fingerprint density at radius 1 is 0.913 bits per heavy atom. The Bertz CT molecular complexity index is 626. The highest BCUT2D eigenvalue weighted by Crippen LogP contribution is 2.35. The fourth-order valence-corrected chi connectivity index (χ4v) is 2.91. The molecule has 0 bridgehead atoms. The monoisotopic (exact) mass is 308 g/mol. The van der Waals surface area contributed by atoms with Crippen LogP contribution in [0.5, 0.6) is 5.75 Å².